The highest BCUT2D eigenvalue weighted by Crippen LogP contribution is 2.38. The first-order valence-corrected chi connectivity index (χ1v) is 24.4. The minimum atomic E-state index is -4.54. The van der Waals surface area contributed by atoms with Crippen molar-refractivity contribution in [3.05, 3.63) is 97.2 Å². The topological polar surface area (TPSA) is 94.1 Å². The molecule has 0 spiro atoms. The zero-order valence-electron chi connectivity index (χ0n) is 38.2. The fourth-order valence-electron chi connectivity index (χ4n) is 5.64. The van der Waals surface area contributed by atoms with E-state index in [9.17, 15) is 14.3 Å². The Morgan fingerprint density at radius 1 is 0.525 bits per heavy atom. The minimum Gasteiger partial charge on any atom is -0.756 e. The summed E-state index contributed by atoms with van der Waals surface area (Å²) in [5.74, 6) is -0.366. The zero-order valence-corrected chi connectivity index (χ0v) is 39.1. The first-order valence-electron chi connectivity index (χ1n) is 23.0. The van der Waals surface area contributed by atoms with Crippen LogP contribution in [0.4, 0.5) is 0 Å². The Balaban J connectivity index is 4.30. The maximum Gasteiger partial charge on any atom is 0.306 e. The summed E-state index contributed by atoms with van der Waals surface area (Å²) in [7, 11) is 1.31. The average Bonchev–Trinajstić information content (AvgIpc) is 3.19. The molecular weight excluding hydrogens is 758 g/mol. The van der Waals surface area contributed by atoms with Gasteiger partial charge in [0.25, 0.3) is 7.82 Å². The number of hydrogen-bond acceptors (Lipinski definition) is 7. The molecule has 0 radical (unpaired) electrons. The van der Waals surface area contributed by atoms with Crippen LogP contribution in [0.3, 0.4) is 0 Å². The van der Waals surface area contributed by atoms with Crippen LogP contribution in [0.2, 0.25) is 0 Å². The van der Waals surface area contributed by atoms with Gasteiger partial charge < -0.3 is 27.9 Å². The lowest BCUT2D eigenvalue weighted by Gasteiger charge is -2.28. The second kappa shape index (κ2) is 42.1. The Morgan fingerprint density at radius 2 is 0.932 bits per heavy atom. The molecule has 338 valence electrons. The van der Waals surface area contributed by atoms with Crippen LogP contribution < -0.4 is 4.89 Å². The third kappa shape index (κ3) is 46.3. The van der Waals surface area contributed by atoms with E-state index < -0.39 is 13.9 Å². The number of allylic oxidation sites excluding steroid dienone is 16. The van der Waals surface area contributed by atoms with Gasteiger partial charge in [-0.2, -0.15) is 0 Å². The number of rotatable bonds is 41. The Labute approximate surface area is 362 Å². The second-order valence-electron chi connectivity index (χ2n) is 16.0. The van der Waals surface area contributed by atoms with Gasteiger partial charge in [-0.25, -0.2) is 0 Å². The number of quaternary nitrogens is 1. The maximum absolute atomic E-state index is 12.7. The van der Waals surface area contributed by atoms with Gasteiger partial charge in [0.05, 0.1) is 34.4 Å². The number of carbonyl (C=O) groups is 1. The molecule has 0 aromatic heterocycles. The van der Waals surface area contributed by atoms with E-state index >= 15 is 0 Å². The molecule has 2 atom stereocenters. The van der Waals surface area contributed by atoms with Gasteiger partial charge in [0.2, 0.25) is 0 Å². The highest BCUT2D eigenvalue weighted by Gasteiger charge is 2.20. The Morgan fingerprint density at radius 3 is 1.39 bits per heavy atom. The van der Waals surface area contributed by atoms with Crippen molar-refractivity contribution < 1.29 is 37.3 Å². The van der Waals surface area contributed by atoms with Crippen molar-refractivity contribution in [1.82, 2.24) is 0 Å². The maximum atomic E-state index is 12.7. The molecule has 0 fully saturated rings. The van der Waals surface area contributed by atoms with Crippen LogP contribution in [0, 0.1) is 0 Å². The first-order chi connectivity index (χ1) is 28.6. The Bertz CT molecular complexity index is 1260. The van der Waals surface area contributed by atoms with E-state index in [0.717, 1.165) is 109 Å². The SMILES string of the molecule is CC/C=C\C/C=C\C/C=C\C/C=C\CCCCCCCCCOCC(COP(=O)([O-])OCC[N+](C)(C)C)OC(=O)CCCCCC/C=C\C/C=C\C/C=C\C/C=C\CC. The van der Waals surface area contributed by atoms with Gasteiger partial charge in [-0.05, 0) is 89.9 Å². The van der Waals surface area contributed by atoms with Crippen molar-refractivity contribution >= 4 is 13.8 Å². The number of likely N-dealkylation sites (N-methyl/N-ethyl adjacent to an activating group) is 1. The van der Waals surface area contributed by atoms with Crippen LogP contribution in [-0.2, 0) is 27.9 Å². The molecule has 0 aliphatic carbocycles. The molecule has 0 amide bonds. The van der Waals surface area contributed by atoms with Crippen LogP contribution in [-0.4, -0.2) is 70.7 Å². The average molecular weight is 844 g/mol. The van der Waals surface area contributed by atoms with Crippen molar-refractivity contribution in [3.63, 3.8) is 0 Å². The van der Waals surface area contributed by atoms with Gasteiger partial charge in [0.15, 0.2) is 0 Å². The molecule has 0 saturated heterocycles. The van der Waals surface area contributed by atoms with Gasteiger partial charge in [-0.1, -0.05) is 156 Å². The van der Waals surface area contributed by atoms with Gasteiger partial charge >= 0.3 is 5.97 Å². The number of unbranched alkanes of at least 4 members (excludes halogenated alkanes) is 11. The summed E-state index contributed by atoms with van der Waals surface area (Å²) in [4.78, 5) is 25.1. The van der Waals surface area contributed by atoms with Crippen LogP contribution in [0.1, 0.15) is 155 Å². The smallest absolute Gasteiger partial charge is 0.306 e. The molecule has 0 saturated carbocycles. The van der Waals surface area contributed by atoms with Crippen LogP contribution >= 0.6 is 7.82 Å². The van der Waals surface area contributed by atoms with Crippen LogP contribution in [0.25, 0.3) is 0 Å². The number of phosphoric acid groups is 1. The van der Waals surface area contributed by atoms with E-state index in [0.29, 0.717) is 17.6 Å². The summed E-state index contributed by atoms with van der Waals surface area (Å²) in [6.07, 6.45) is 57.1. The van der Waals surface area contributed by atoms with Gasteiger partial charge in [-0.3, -0.25) is 9.36 Å². The van der Waals surface area contributed by atoms with Crippen LogP contribution in [0.15, 0.2) is 97.2 Å². The highest BCUT2D eigenvalue weighted by atomic mass is 31.2. The molecule has 0 rings (SSSR count). The van der Waals surface area contributed by atoms with E-state index in [1.165, 1.54) is 25.7 Å². The quantitative estimate of drug-likeness (QED) is 0.0199. The molecule has 0 aromatic carbocycles. The van der Waals surface area contributed by atoms with Gasteiger partial charge in [0.1, 0.15) is 19.3 Å². The first kappa shape index (κ1) is 56.4. The molecule has 59 heavy (non-hydrogen) atoms. The number of ether oxygens (including phenoxy) is 2. The zero-order chi connectivity index (χ0) is 43.4. The van der Waals surface area contributed by atoms with Gasteiger partial charge in [0, 0.05) is 13.0 Å². The summed E-state index contributed by atoms with van der Waals surface area (Å²) >= 11 is 0. The van der Waals surface area contributed by atoms with E-state index in [2.05, 4.69) is 111 Å². The molecular formula is C50H86NO7P. The molecule has 0 heterocycles. The largest absolute Gasteiger partial charge is 0.756 e. The molecule has 0 aromatic rings. The minimum absolute atomic E-state index is 0.0127. The van der Waals surface area contributed by atoms with E-state index in [-0.39, 0.29) is 32.2 Å². The fraction of sp³-hybridized carbons (Fsp3) is 0.660. The number of nitrogens with zero attached hydrogens (tertiary/aromatic N) is 1. The summed E-state index contributed by atoms with van der Waals surface area (Å²) in [6, 6.07) is 0. The number of phosphoric ester groups is 1. The third-order valence-corrected chi connectivity index (χ3v) is 10.1. The predicted molar refractivity (Wildman–Crippen MR) is 249 cm³/mol. The van der Waals surface area contributed by atoms with Crippen molar-refractivity contribution in [3.8, 4) is 0 Å². The van der Waals surface area contributed by atoms with Crippen molar-refractivity contribution in [1.29, 1.82) is 0 Å². The molecule has 0 aliphatic heterocycles. The van der Waals surface area contributed by atoms with E-state index in [1.807, 2.05) is 21.1 Å². The second-order valence-corrected chi connectivity index (χ2v) is 17.4. The fourth-order valence-corrected chi connectivity index (χ4v) is 6.37. The summed E-state index contributed by atoms with van der Waals surface area (Å²) in [5.41, 5.74) is 0. The van der Waals surface area contributed by atoms with Crippen molar-refractivity contribution in [2.24, 2.45) is 0 Å². The molecule has 9 heteroatoms. The highest BCUT2D eigenvalue weighted by molar-refractivity contribution is 7.45. The van der Waals surface area contributed by atoms with E-state index in [4.69, 9.17) is 18.5 Å². The van der Waals surface area contributed by atoms with Crippen LogP contribution in [0.5, 0.6) is 0 Å². The summed E-state index contributed by atoms with van der Waals surface area (Å²) < 4.78 is 34.6. The monoisotopic (exact) mass is 844 g/mol. The lowest BCUT2D eigenvalue weighted by molar-refractivity contribution is -0.870. The predicted octanol–water partition coefficient (Wildman–Crippen LogP) is 13.2. The van der Waals surface area contributed by atoms with Crippen molar-refractivity contribution in [2.75, 3.05) is 54.1 Å². The molecule has 0 bridgehead atoms. The number of esters is 1. The molecule has 2 unspecified atom stereocenters. The van der Waals surface area contributed by atoms with Crippen molar-refractivity contribution in [2.45, 2.75) is 161 Å². The third-order valence-electron chi connectivity index (χ3n) is 9.13. The summed E-state index contributed by atoms with van der Waals surface area (Å²) in [5, 5.41) is 0. The summed E-state index contributed by atoms with van der Waals surface area (Å²) in [6.45, 7) is 5.10. The Hall–Kier alpha value is -2.58. The molecule has 0 N–H and O–H groups in total. The lowest BCUT2D eigenvalue weighted by atomic mass is 10.1. The van der Waals surface area contributed by atoms with Gasteiger partial charge in [-0.15, -0.1) is 0 Å². The Kier molecular flexibility index (Phi) is 40.3. The number of carbonyl (C=O) groups excluding carboxylic acids is 1. The number of hydrogen-bond donors (Lipinski definition) is 0. The standard InChI is InChI=1S/C50H86NO7P/c1-6-8-10-12-14-16-18-20-22-24-25-26-28-30-32-34-36-38-40-42-45-55-47-49(48-57-59(53,54)56-46-44-51(3,4)5)58-50(52)43-41-39-37-35-33-31-29-27-23-21-19-17-15-13-11-9-7-2/h8-11,14-17,20-23,25-26,29,31,49H,6-7,12-13,18-19,24,27-28,30,32-48H2,1-5H3/b10-8-,11-9-,16-14-,17-15-,22-20-,23-21-,26-25-,31-29-. The lowest BCUT2D eigenvalue weighted by Crippen LogP contribution is -2.37. The molecule has 8 nitrogen and oxygen atoms in total. The molecule has 0 aliphatic rings. The van der Waals surface area contributed by atoms with E-state index in [1.54, 1.807) is 0 Å². The normalized spacial score (nSPS) is 14.6.